The van der Waals surface area contributed by atoms with Crippen molar-refractivity contribution in [1.29, 1.82) is 0 Å². The van der Waals surface area contributed by atoms with Gasteiger partial charge in [0.05, 0.1) is 16.4 Å². The Morgan fingerprint density at radius 2 is 1.72 bits per heavy atom. The lowest BCUT2D eigenvalue weighted by atomic mass is 10.2. The Hall–Kier alpha value is -3.20. The van der Waals surface area contributed by atoms with Crippen LogP contribution < -0.4 is 4.72 Å². The fraction of sp³-hybridized carbons (Fsp3) is 0.0625. The van der Waals surface area contributed by atoms with Crippen LogP contribution in [0.15, 0.2) is 71.8 Å². The standard InChI is InChI=1S/C16H14N4O4S/c21-20(22)14-6-8-15(9-7-14)25(23,24)18-16-10-11-19(17-16)12-13-4-2-1-3-5-13/h1-11H,12H2,(H,17,18). The number of sulfonamides is 1. The zero-order valence-electron chi connectivity index (χ0n) is 12.9. The fourth-order valence-corrected chi connectivity index (χ4v) is 3.21. The summed E-state index contributed by atoms with van der Waals surface area (Å²) >= 11 is 0. The van der Waals surface area contributed by atoms with E-state index in [1.165, 1.54) is 12.1 Å². The molecule has 0 bridgehead atoms. The van der Waals surface area contributed by atoms with Crippen molar-refractivity contribution in [2.75, 3.05) is 4.72 Å². The van der Waals surface area contributed by atoms with Crippen molar-refractivity contribution >= 4 is 21.5 Å². The largest absolute Gasteiger partial charge is 0.269 e. The van der Waals surface area contributed by atoms with Crippen molar-refractivity contribution in [3.05, 3.63) is 82.5 Å². The number of nitrogens with zero attached hydrogens (tertiary/aromatic N) is 3. The van der Waals surface area contributed by atoms with Crippen LogP contribution in [0.1, 0.15) is 5.56 Å². The molecule has 0 saturated carbocycles. The zero-order chi connectivity index (χ0) is 17.9. The van der Waals surface area contributed by atoms with Gasteiger partial charge in [0.15, 0.2) is 5.82 Å². The Bertz CT molecular complexity index is 982. The highest BCUT2D eigenvalue weighted by Gasteiger charge is 2.17. The van der Waals surface area contributed by atoms with Crippen LogP contribution in [0.5, 0.6) is 0 Å². The van der Waals surface area contributed by atoms with Gasteiger partial charge in [-0.2, -0.15) is 5.10 Å². The average molecular weight is 358 g/mol. The number of hydrogen-bond donors (Lipinski definition) is 1. The summed E-state index contributed by atoms with van der Waals surface area (Å²) in [5, 5.41) is 14.8. The SMILES string of the molecule is O=[N+]([O-])c1ccc(S(=O)(=O)Nc2ccn(Cc3ccccc3)n2)cc1. The Balaban J connectivity index is 1.74. The van der Waals surface area contributed by atoms with Crippen LogP contribution in [0.3, 0.4) is 0 Å². The highest BCUT2D eigenvalue weighted by molar-refractivity contribution is 7.92. The van der Waals surface area contributed by atoms with E-state index in [1.807, 2.05) is 30.3 Å². The smallest absolute Gasteiger partial charge is 0.266 e. The van der Waals surface area contributed by atoms with Gasteiger partial charge < -0.3 is 0 Å². The van der Waals surface area contributed by atoms with Crippen molar-refractivity contribution in [3.63, 3.8) is 0 Å². The van der Waals surface area contributed by atoms with Gasteiger partial charge in [0.2, 0.25) is 0 Å². The molecular formula is C16H14N4O4S. The maximum atomic E-state index is 12.3. The molecule has 128 valence electrons. The van der Waals surface area contributed by atoms with Gasteiger partial charge in [0.1, 0.15) is 0 Å². The lowest BCUT2D eigenvalue weighted by molar-refractivity contribution is -0.384. The maximum Gasteiger partial charge on any atom is 0.269 e. The van der Waals surface area contributed by atoms with E-state index < -0.39 is 14.9 Å². The molecule has 0 amide bonds. The summed E-state index contributed by atoms with van der Waals surface area (Å²) in [4.78, 5) is 9.97. The van der Waals surface area contributed by atoms with E-state index >= 15 is 0 Å². The van der Waals surface area contributed by atoms with Gasteiger partial charge in [-0.3, -0.25) is 19.5 Å². The van der Waals surface area contributed by atoms with Crippen LogP contribution in [-0.2, 0) is 16.6 Å². The van der Waals surface area contributed by atoms with E-state index in [-0.39, 0.29) is 16.4 Å². The second-order valence-corrected chi connectivity index (χ2v) is 6.92. The third-order valence-electron chi connectivity index (χ3n) is 3.42. The molecule has 9 heteroatoms. The van der Waals surface area contributed by atoms with E-state index in [1.54, 1.807) is 16.9 Å². The minimum absolute atomic E-state index is 0.0734. The van der Waals surface area contributed by atoms with Gasteiger partial charge in [-0.05, 0) is 17.7 Å². The van der Waals surface area contributed by atoms with Gasteiger partial charge in [0, 0.05) is 24.4 Å². The van der Waals surface area contributed by atoms with Crippen LogP contribution in [0.4, 0.5) is 11.5 Å². The van der Waals surface area contributed by atoms with E-state index in [2.05, 4.69) is 9.82 Å². The third-order valence-corrected chi connectivity index (χ3v) is 4.80. The molecule has 0 aliphatic rings. The number of aromatic nitrogens is 2. The molecular weight excluding hydrogens is 344 g/mol. The number of non-ortho nitro benzene ring substituents is 1. The number of rotatable bonds is 6. The Kier molecular flexibility index (Phi) is 4.48. The quantitative estimate of drug-likeness (QED) is 0.538. The molecule has 0 atom stereocenters. The highest BCUT2D eigenvalue weighted by atomic mass is 32.2. The molecule has 0 aliphatic carbocycles. The van der Waals surface area contributed by atoms with E-state index in [9.17, 15) is 18.5 Å². The van der Waals surface area contributed by atoms with E-state index in [0.717, 1.165) is 17.7 Å². The first-order valence-electron chi connectivity index (χ1n) is 7.29. The molecule has 0 spiro atoms. The van der Waals surface area contributed by atoms with Crippen molar-refractivity contribution in [1.82, 2.24) is 9.78 Å². The van der Waals surface area contributed by atoms with Gasteiger partial charge in [-0.15, -0.1) is 0 Å². The van der Waals surface area contributed by atoms with Gasteiger partial charge in [0.25, 0.3) is 15.7 Å². The summed E-state index contributed by atoms with van der Waals surface area (Å²) in [6.07, 6.45) is 1.67. The molecule has 1 N–H and O–H groups in total. The predicted molar refractivity (Wildman–Crippen MR) is 91.7 cm³/mol. The summed E-state index contributed by atoms with van der Waals surface area (Å²) in [6.45, 7) is 0.514. The topological polar surface area (TPSA) is 107 Å². The first-order valence-corrected chi connectivity index (χ1v) is 8.77. The normalized spacial score (nSPS) is 11.2. The summed E-state index contributed by atoms with van der Waals surface area (Å²) in [5.74, 6) is 0.175. The molecule has 3 aromatic rings. The number of anilines is 1. The first kappa shape index (κ1) is 16.7. The number of nitrogens with one attached hydrogen (secondary N) is 1. The Morgan fingerprint density at radius 3 is 2.36 bits per heavy atom. The summed E-state index contributed by atoms with van der Waals surface area (Å²) < 4.78 is 28.6. The molecule has 1 aromatic heterocycles. The summed E-state index contributed by atoms with van der Waals surface area (Å²) in [5.41, 5.74) is 0.862. The minimum Gasteiger partial charge on any atom is -0.266 e. The molecule has 2 aromatic carbocycles. The molecule has 25 heavy (non-hydrogen) atoms. The lowest BCUT2D eigenvalue weighted by Crippen LogP contribution is -2.13. The number of nitro benzene ring substituents is 1. The molecule has 0 fully saturated rings. The Morgan fingerprint density at radius 1 is 1.04 bits per heavy atom. The monoisotopic (exact) mass is 358 g/mol. The summed E-state index contributed by atoms with van der Waals surface area (Å²) in [6, 6.07) is 15.8. The average Bonchev–Trinajstić information content (AvgIpc) is 3.02. The van der Waals surface area contributed by atoms with E-state index in [0.29, 0.717) is 6.54 Å². The van der Waals surface area contributed by atoms with Crippen LogP contribution in [0.2, 0.25) is 0 Å². The van der Waals surface area contributed by atoms with Crippen LogP contribution in [0.25, 0.3) is 0 Å². The number of benzene rings is 2. The van der Waals surface area contributed by atoms with Crippen LogP contribution in [0, 0.1) is 10.1 Å². The summed E-state index contributed by atoms with van der Waals surface area (Å²) in [7, 11) is -3.86. The third kappa shape index (κ3) is 4.01. The predicted octanol–water partition coefficient (Wildman–Crippen LogP) is 2.64. The van der Waals surface area contributed by atoms with Crippen molar-refractivity contribution in [3.8, 4) is 0 Å². The number of hydrogen-bond acceptors (Lipinski definition) is 5. The maximum absolute atomic E-state index is 12.3. The molecule has 1 heterocycles. The second-order valence-electron chi connectivity index (χ2n) is 5.24. The molecule has 0 radical (unpaired) electrons. The molecule has 0 aliphatic heterocycles. The highest BCUT2D eigenvalue weighted by Crippen LogP contribution is 2.18. The van der Waals surface area contributed by atoms with Crippen molar-refractivity contribution in [2.24, 2.45) is 0 Å². The van der Waals surface area contributed by atoms with Gasteiger partial charge >= 0.3 is 0 Å². The van der Waals surface area contributed by atoms with Crippen LogP contribution in [-0.4, -0.2) is 23.1 Å². The molecule has 0 unspecified atom stereocenters. The minimum atomic E-state index is -3.86. The molecule has 0 saturated heterocycles. The van der Waals surface area contributed by atoms with Crippen molar-refractivity contribution < 1.29 is 13.3 Å². The Labute approximate surface area is 143 Å². The molecule has 8 nitrogen and oxygen atoms in total. The van der Waals surface area contributed by atoms with Crippen LogP contribution >= 0.6 is 0 Å². The number of nitro groups is 1. The van der Waals surface area contributed by atoms with Crippen molar-refractivity contribution in [2.45, 2.75) is 11.4 Å². The fourth-order valence-electron chi connectivity index (χ4n) is 2.22. The second kappa shape index (κ2) is 6.73. The lowest BCUT2D eigenvalue weighted by Gasteiger charge is -2.05. The first-order chi connectivity index (χ1) is 11.9. The van der Waals surface area contributed by atoms with Gasteiger partial charge in [-0.1, -0.05) is 30.3 Å². The van der Waals surface area contributed by atoms with E-state index in [4.69, 9.17) is 0 Å². The van der Waals surface area contributed by atoms with Gasteiger partial charge in [-0.25, -0.2) is 8.42 Å². The zero-order valence-corrected chi connectivity index (χ0v) is 13.8. The molecule has 3 rings (SSSR count).